The second-order valence-electron chi connectivity index (χ2n) is 6.06. The normalized spacial score (nSPS) is 11.8. The van der Waals surface area contributed by atoms with Crippen LogP contribution in [0.25, 0.3) is 0 Å². The number of rotatable bonds is 9. The van der Waals surface area contributed by atoms with Gasteiger partial charge >= 0.3 is 0 Å². The van der Waals surface area contributed by atoms with Crippen LogP contribution >= 0.6 is 0 Å². The molecule has 0 aliphatic carbocycles. The molecule has 0 saturated heterocycles. The molecule has 0 aliphatic rings. The molecule has 142 valence electrons. The van der Waals surface area contributed by atoms with Crippen molar-refractivity contribution in [2.75, 3.05) is 13.7 Å². The number of carbonyl (C=O) groups is 1. The number of hydrogen-bond acceptors (Lipinski definition) is 4. The molecule has 0 aliphatic heterocycles. The number of amides is 1. The molecule has 6 nitrogen and oxygen atoms in total. The maximum atomic E-state index is 12.5. The van der Waals surface area contributed by atoms with E-state index >= 15 is 0 Å². The Morgan fingerprint density at radius 1 is 1.19 bits per heavy atom. The smallest absolute Gasteiger partial charge is 0.222 e. The van der Waals surface area contributed by atoms with Crippen LogP contribution in [0.1, 0.15) is 30.7 Å². The topological polar surface area (TPSA) is 65.6 Å². The molecule has 27 heavy (non-hydrogen) atoms. The fraction of sp³-hybridized carbons (Fsp3) is 0.286. The van der Waals surface area contributed by atoms with Crippen molar-refractivity contribution in [2.24, 2.45) is 0 Å². The SMILES string of the molecule is CCOc1ccc(CNC(=O)C[C@H](c2ccco2)n2cccc2)cc1OC. The molecule has 0 saturated carbocycles. The van der Waals surface area contributed by atoms with Gasteiger partial charge in [0.05, 0.1) is 32.4 Å². The zero-order valence-electron chi connectivity index (χ0n) is 15.6. The second kappa shape index (κ2) is 8.98. The molecule has 2 heterocycles. The van der Waals surface area contributed by atoms with Crippen LogP contribution in [0, 0.1) is 0 Å². The highest BCUT2D eigenvalue weighted by atomic mass is 16.5. The summed E-state index contributed by atoms with van der Waals surface area (Å²) in [5, 5.41) is 2.97. The lowest BCUT2D eigenvalue weighted by Gasteiger charge is -2.17. The van der Waals surface area contributed by atoms with Crippen LogP contribution in [-0.2, 0) is 11.3 Å². The van der Waals surface area contributed by atoms with Gasteiger partial charge in [-0.2, -0.15) is 0 Å². The summed E-state index contributed by atoms with van der Waals surface area (Å²) < 4.78 is 18.4. The first-order valence-electron chi connectivity index (χ1n) is 8.93. The molecule has 2 aromatic heterocycles. The first-order valence-corrected chi connectivity index (χ1v) is 8.93. The number of nitrogens with one attached hydrogen (secondary N) is 1. The minimum absolute atomic E-state index is 0.0575. The van der Waals surface area contributed by atoms with Crippen molar-refractivity contribution < 1.29 is 18.7 Å². The van der Waals surface area contributed by atoms with Crippen molar-refractivity contribution in [1.29, 1.82) is 0 Å². The Labute approximate surface area is 158 Å². The molecule has 3 aromatic rings. The number of aromatic nitrogens is 1. The molecule has 0 bridgehead atoms. The van der Waals surface area contributed by atoms with Crippen molar-refractivity contribution in [3.8, 4) is 11.5 Å². The van der Waals surface area contributed by atoms with Crippen molar-refractivity contribution in [2.45, 2.75) is 25.9 Å². The molecule has 0 radical (unpaired) electrons. The number of benzene rings is 1. The van der Waals surface area contributed by atoms with Gasteiger partial charge in [-0.3, -0.25) is 4.79 Å². The molecule has 0 unspecified atom stereocenters. The highest BCUT2D eigenvalue weighted by molar-refractivity contribution is 5.76. The highest BCUT2D eigenvalue weighted by Gasteiger charge is 2.19. The van der Waals surface area contributed by atoms with E-state index in [2.05, 4.69) is 5.32 Å². The Balaban J connectivity index is 1.63. The third-order valence-corrected chi connectivity index (χ3v) is 4.26. The fourth-order valence-electron chi connectivity index (χ4n) is 2.93. The molecule has 0 spiro atoms. The van der Waals surface area contributed by atoms with Gasteiger partial charge in [-0.15, -0.1) is 0 Å². The third kappa shape index (κ3) is 4.73. The molecule has 1 N–H and O–H groups in total. The van der Waals surface area contributed by atoms with Gasteiger partial charge in [-0.05, 0) is 48.9 Å². The van der Waals surface area contributed by atoms with E-state index in [-0.39, 0.29) is 18.4 Å². The van der Waals surface area contributed by atoms with Crippen LogP contribution in [-0.4, -0.2) is 24.2 Å². The average molecular weight is 368 g/mol. The summed E-state index contributed by atoms with van der Waals surface area (Å²) in [6.07, 6.45) is 5.77. The number of hydrogen-bond donors (Lipinski definition) is 1. The van der Waals surface area contributed by atoms with Crippen molar-refractivity contribution in [1.82, 2.24) is 9.88 Å². The van der Waals surface area contributed by atoms with Crippen molar-refractivity contribution in [3.05, 3.63) is 72.4 Å². The maximum Gasteiger partial charge on any atom is 0.222 e. The predicted octanol–water partition coefficient (Wildman–Crippen LogP) is 3.78. The van der Waals surface area contributed by atoms with Gasteiger partial charge < -0.3 is 23.8 Å². The van der Waals surface area contributed by atoms with E-state index in [1.165, 1.54) is 0 Å². The standard InChI is InChI=1S/C21H24N2O4/c1-3-26-19-9-8-16(13-20(19)25-2)15-22-21(24)14-17(18-7-6-12-27-18)23-10-4-5-11-23/h4-13,17H,3,14-15H2,1-2H3,(H,22,24)/t17-/m1/s1. The van der Waals surface area contributed by atoms with Gasteiger partial charge in [0.2, 0.25) is 5.91 Å². The van der Waals surface area contributed by atoms with Crippen molar-refractivity contribution in [3.63, 3.8) is 0 Å². The van der Waals surface area contributed by atoms with Gasteiger partial charge in [-0.25, -0.2) is 0 Å². The van der Waals surface area contributed by atoms with Gasteiger partial charge in [0.25, 0.3) is 0 Å². The second-order valence-corrected chi connectivity index (χ2v) is 6.06. The van der Waals surface area contributed by atoms with Gasteiger partial charge in [0.1, 0.15) is 5.76 Å². The van der Waals surface area contributed by atoms with Crippen LogP contribution in [0.2, 0.25) is 0 Å². The fourth-order valence-corrected chi connectivity index (χ4v) is 2.93. The largest absolute Gasteiger partial charge is 0.493 e. The Morgan fingerprint density at radius 3 is 2.67 bits per heavy atom. The highest BCUT2D eigenvalue weighted by Crippen LogP contribution is 2.28. The molecule has 3 rings (SSSR count). The summed E-state index contributed by atoms with van der Waals surface area (Å²) in [5.74, 6) is 2.05. The summed E-state index contributed by atoms with van der Waals surface area (Å²) >= 11 is 0. The molecule has 6 heteroatoms. The summed E-state index contributed by atoms with van der Waals surface area (Å²) in [6, 6.07) is 13.1. The quantitative estimate of drug-likeness (QED) is 0.624. The molecule has 1 atom stereocenters. The lowest BCUT2D eigenvalue weighted by molar-refractivity contribution is -0.121. The summed E-state index contributed by atoms with van der Waals surface area (Å²) in [6.45, 7) is 2.91. The number of furan rings is 1. The summed E-state index contributed by atoms with van der Waals surface area (Å²) in [5.41, 5.74) is 0.944. The Bertz CT molecular complexity index is 807. The minimum Gasteiger partial charge on any atom is -0.493 e. The minimum atomic E-state index is -0.176. The maximum absolute atomic E-state index is 12.5. The summed E-state index contributed by atoms with van der Waals surface area (Å²) in [7, 11) is 1.60. The first kappa shape index (κ1) is 18.6. The van der Waals surface area contributed by atoms with Gasteiger partial charge in [-0.1, -0.05) is 6.07 Å². The third-order valence-electron chi connectivity index (χ3n) is 4.26. The monoisotopic (exact) mass is 368 g/mol. The van der Waals surface area contributed by atoms with Gasteiger partial charge in [0, 0.05) is 18.9 Å². The Morgan fingerprint density at radius 2 is 2.00 bits per heavy atom. The molecular weight excluding hydrogens is 344 g/mol. The Kier molecular flexibility index (Phi) is 6.20. The lowest BCUT2D eigenvalue weighted by atomic mass is 10.1. The van der Waals surface area contributed by atoms with E-state index in [0.717, 1.165) is 11.3 Å². The predicted molar refractivity (Wildman–Crippen MR) is 102 cm³/mol. The Hall–Kier alpha value is -3.15. The number of nitrogens with zero attached hydrogens (tertiary/aromatic N) is 1. The van der Waals surface area contributed by atoms with E-state index in [1.807, 2.05) is 66.3 Å². The molecule has 1 aromatic carbocycles. The van der Waals surface area contributed by atoms with Crippen LogP contribution < -0.4 is 14.8 Å². The molecular formula is C21H24N2O4. The van der Waals surface area contributed by atoms with Crippen LogP contribution in [0.15, 0.2) is 65.5 Å². The van der Waals surface area contributed by atoms with Crippen molar-refractivity contribution >= 4 is 5.91 Å². The van der Waals surface area contributed by atoms with Gasteiger partial charge in [0.15, 0.2) is 11.5 Å². The van der Waals surface area contributed by atoms with E-state index in [9.17, 15) is 4.79 Å². The van der Waals surface area contributed by atoms with Crippen LogP contribution in [0.4, 0.5) is 0 Å². The lowest BCUT2D eigenvalue weighted by Crippen LogP contribution is -2.26. The number of methoxy groups -OCH3 is 1. The summed E-state index contributed by atoms with van der Waals surface area (Å²) in [4.78, 5) is 12.5. The first-order chi connectivity index (χ1) is 13.2. The van der Waals surface area contributed by atoms with E-state index < -0.39 is 0 Å². The average Bonchev–Trinajstić information content (AvgIpc) is 3.39. The van der Waals surface area contributed by atoms with E-state index in [1.54, 1.807) is 13.4 Å². The van der Waals surface area contributed by atoms with E-state index in [4.69, 9.17) is 13.9 Å². The van der Waals surface area contributed by atoms with E-state index in [0.29, 0.717) is 24.7 Å². The molecule has 0 fully saturated rings. The zero-order chi connectivity index (χ0) is 19.1. The zero-order valence-corrected chi connectivity index (χ0v) is 15.6. The van der Waals surface area contributed by atoms with Crippen LogP contribution in [0.5, 0.6) is 11.5 Å². The number of ether oxygens (including phenoxy) is 2. The molecule has 1 amide bonds. The van der Waals surface area contributed by atoms with Crippen LogP contribution in [0.3, 0.4) is 0 Å². The number of carbonyl (C=O) groups excluding carboxylic acids is 1.